The number of hydrogen-bond donors (Lipinski definition) is 3. The van der Waals surface area contributed by atoms with Crippen LogP contribution in [0.4, 0.5) is 0 Å². The van der Waals surface area contributed by atoms with Crippen molar-refractivity contribution in [2.75, 3.05) is 13.1 Å². The average molecular weight is 277 g/mol. The smallest absolute Gasteiger partial charge is 0.244 e. The Kier molecular flexibility index (Phi) is 5.70. The van der Waals surface area contributed by atoms with Gasteiger partial charge in [0.2, 0.25) is 11.8 Å². The highest BCUT2D eigenvalue weighted by molar-refractivity contribution is 5.87. The van der Waals surface area contributed by atoms with Gasteiger partial charge in [-0.05, 0) is 12.5 Å². The standard InChI is InChI=1S/C15H23N3O2/c1-11(2)13(19)17-9-10-18-14(20)15(3,16)12-7-5-4-6-8-12/h4-8,11H,9-10,16H2,1-3H3,(H,17,19)(H,18,20). The monoisotopic (exact) mass is 277 g/mol. The Morgan fingerprint density at radius 2 is 1.70 bits per heavy atom. The van der Waals surface area contributed by atoms with Crippen LogP contribution in [0.5, 0.6) is 0 Å². The van der Waals surface area contributed by atoms with Gasteiger partial charge >= 0.3 is 0 Å². The van der Waals surface area contributed by atoms with Crippen molar-refractivity contribution >= 4 is 11.8 Å². The highest BCUT2D eigenvalue weighted by atomic mass is 16.2. The van der Waals surface area contributed by atoms with Gasteiger partial charge in [0.25, 0.3) is 0 Å². The minimum atomic E-state index is -1.08. The number of rotatable bonds is 6. The molecule has 0 aromatic heterocycles. The van der Waals surface area contributed by atoms with E-state index in [4.69, 9.17) is 5.73 Å². The van der Waals surface area contributed by atoms with Crippen molar-refractivity contribution in [2.24, 2.45) is 11.7 Å². The molecule has 2 amide bonds. The second-order valence-corrected chi connectivity index (χ2v) is 5.27. The van der Waals surface area contributed by atoms with Gasteiger partial charge < -0.3 is 16.4 Å². The fourth-order valence-corrected chi connectivity index (χ4v) is 1.66. The van der Waals surface area contributed by atoms with Crippen LogP contribution in [-0.4, -0.2) is 24.9 Å². The van der Waals surface area contributed by atoms with Gasteiger partial charge in [0.05, 0.1) is 0 Å². The molecule has 110 valence electrons. The van der Waals surface area contributed by atoms with Crippen LogP contribution in [0.1, 0.15) is 26.3 Å². The summed E-state index contributed by atoms with van der Waals surface area (Å²) in [7, 11) is 0. The summed E-state index contributed by atoms with van der Waals surface area (Å²) < 4.78 is 0. The normalized spacial score (nSPS) is 13.7. The fourth-order valence-electron chi connectivity index (χ4n) is 1.66. The van der Waals surface area contributed by atoms with E-state index in [2.05, 4.69) is 10.6 Å². The van der Waals surface area contributed by atoms with Crippen LogP contribution >= 0.6 is 0 Å². The molecular formula is C15H23N3O2. The van der Waals surface area contributed by atoms with Gasteiger partial charge in [-0.3, -0.25) is 9.59 Å². The number of amides is 2. The van der Waals surface area contributed by atoms with Crippen molar-refractivity contribution in [2.45, 2.75) is 26.3 Å². The Bertz CT molecular complexity index is 455. The number of carbonyl (C=O) groups is 2. The Morgan fingerprint density at radius 3 is 2.25 bits per heavy atom. The van der Waals surface area contributed by atoms with Gasteiger partial charge in [-0.1, -0.05) is 44.2 Å². The van der Waals surface area contributed by atoms with E-state index in [1.54, 1.807) is 6.92 Å². The summed E-state index contributed by atoms with van der Waals surface area (Å²) in [6.45, 7) is 6.06. The zero-order valence-corrected chi connectivity index (χ0v) is 12.3. The minimum Gasteiger partial charge on any atom is -0.354 e. The first kappa shape index (κ1) is 16.2. The average Bonchev–Trinajstić information content (AvgIpc) is 2.43. The van der Waals surface area contributed by atoms with Crippen LogP contribution in [0.2, 0.25) is 0 Å². The van der Waals surface area contributed by atoms with Gasteiger partial charge in [-0.25, -0.2) is 0 Å². The van der Waals surface area contributed by atoms with Gasteiger partial charge in [0.15, 0.2) is 0 Å². The van der Waals surface area contributed by atoms with E-state index in [-0.39, 0.29) is 17.7 Å². The summed E-state index contributed by atoms with van der Waals surface area (Å²) >= 11 is 0. The molecule has 1 atom stereocenters. The maximum Gasteiger partial charge on any atom is 0.244 e. The van der Waals surface area contributed by atoms with E-state index in [9.17, 15) is 9.59 Å². The van der Waals surface area contributed by atoms with E-state index >= 15 is 0 Å². The molecule has 0 spiro atoms. The lowest BCUT2D eigenvalue weighted by molar-refractivity contribution is -0.127. The largest absolute Gasteiger partial charge is 0.354 e. The van der Waals surface area contributed by atoms with Crippen molar-refractivity contribution in [3.63, 3.8) is 0 Å². The van der Waals surface area contributed by atoms with E-state index in [1.165, 1.54) is 0 Å². The van der Waals surface area contributed by atoms with Crippen molar-refractivity contribution in [1.82, 2.24) is 10.6 Å². The predicted octanol–water partition coefficient (Wildman–Crippen LogP) is 0.749. The summed E-state index contributed by atoms with van der Waals surface area (Å²) in [6.07, 6.45) is 0. The lowest BCUT2D eigenvalue weighted by atomic mass is 9.92. The third kappa shape index (κ3) is 4.35. The molecule has 1 unspecified atom stereocenters. The molecule has 0 bridgehead atoms. The van der Waals surface area contributed by atoms with Crippen molar-refractivity contribution in [1.29, 1.82) is 0 Å². The summed E-state index contributed by atoms with van der Waals surface area (Å²) in [5, 5.41) is 5.47. The van der Waals surface area contributed by atoms with Crippen LogP contribution in [0.15, 0.2) is 30.3 Å². The fraction of sp³-hybridized carbons (Fsp3) is 0.467. The molecule has 5 nitrogen and oxygen atoms in total. The first-order valence-electron chi connectivity index (χ1n) is 6.76. The minimum absolute atomic E-state index is 0.0298. The molecule has 5 heteroatoms. The molecule has 20 heavy (non-hydrogen) atoms. The van der Waals surface area contributed by atoms with E-state index in [1.807, 2.05) is 44.2 Å². The topological polar surface area (TPSA) is 84.2 Å². The van der Waals surface area contributed by atoms with Crippen LogP contribution in [0.3, 0.4) is 0 Å². The van der Waals surface area contributed by atoms with Crippen LogP contribution in [0, 0.1) is 5.92 Å². The summed E-state index contributed by atoms with van der Waals surface area (Å²) in [6, 6.07) is 9.20. The van der Waals surface area contributed by atoms with Gasteiger partial charge in [0, 0.05) is 19.0 Å². The van der Waals surface area contributed by atoms with Gasteiger partial charge in [-0.15, -0.1) is 0 Å². The van der Waals surface area contributed by atoms with E-state index in [0.717, 1.165) is 5.56 Å². The molecule has 0 aliphatic carbocycles. The van der Waals surface area contributed by atoms with Gasteiger partial charge in [-0.2, -0.15) is 0 Å². The Hall–Kier alpha value is -1.88. The first-order valence-corrected chi connectivity index (χ1v) is 6.76. The Morgan fingerprint density at radius 1 is 1.15 bits per heavy atom. The summed E-state index contributed by atoms with van der Waals surface area (Å²) in [5.74, 6) is -0.352. The lowest BCUT2D eigenvalue weighted by Gasteiger charge is -2.24. The number of carbonyl (C=O) groups excluding carboxylic acids is 2. The molecule has 1 aromatic carbocycles. The zero-order valence-electron chi connectivity index (χ0n) is 12.3. The second kappa shape index (κ2) is 7.05. The van der Waals surface area contributed by atoms with Gasteiger partial charge in [0.1, 0.15) is 5.54 Å². The summed E-state index contributed by atoms with van der Waals surface area (Å²) in [5.41, 5.74) is 5.75. The van der Waals surface area contributed by atoms with Crippen molar-refractivity contribution < 1.29 is 9.59 Å². The van der Waals surface area contributed by atoms with Crippen molar-refractivity contribution in [3.8, 4) is 0 Å². The van der Waals surface area contributed by atoms with Crippen LogP contribution in [-0.2, 0) is 15.1 Å². The molecule has 0 fully saturated rings. The molecule has 0 aliphatic rings. The molecule has 1 aromatic rings. The third-order valence-electron chi connectivity index (χ3n) is 3.08. The molecule has 0 saturated carbocycles. The maximum absolute atomic E-state index is 12.1. The molecule has 0 saturated heterocycles. The maximum atomic E-state index is 12.1. The van der Waals surface area contributed by atoms with E-state index < -0.39 is 5.54 Å². The SMILES string of the molecule is CC(C)C(=O)NCCNC(=O)C(C)(N)c1ccccc1. The Balaban J connectivity index is 2.45. The zero-order chi connectivity index (χ0) is 15.2. The highest BCUT2D eigenvalue weighted by Crippen LogP contribution is 2.16. The molecule has 0 aliphatic heterocycles. The van der Waals surface area contributed by atoms with Crippen LogP contribution < -0.4 is 16.4 Å². The molecule has 0 heterocycles. The molecule has 0 radical (unpaired) electrons. The highest BCUT2D eigenvalue weighted by Gasteiger charge is 2.29. The first-order chi connectivity index (χ1) is 9.35. The Labute approximate surface area is 119 Å². The lowest BCUT2D eigenvalue weighted by Crippen LogP contribution is -2.50. The quantitative estimate of drug-likeness (QED) is 0.671. The second-order valence-electron chi connectivity index (χ2n) is 5.27. The van der Waals surface area contributed by atoms with E-state index in [0.29, 0.717) is 13.1 Å². The predicted molar refractivity (Wildman–Crippen MR) is 78.8 cm³/mol. The number of nitrogens with two attached hydrogens (primary N) is 1. The van der Waals surface area contributed by atoms with Crippen molar-refractivity contribution in [3.05, 3.63) is 35.9 Å². The molecular weight excluding hydrogens is 254 g/mol. The number of benzene rings is 1. The van der Waals surface area contributed by atoms with Crippen LogP contribution in [0.25, 0.3) is 0 Å². The third-order valence-corrected chi connectivity index (χ3v) is 3.08. The molecule has 1 rings (SSSR count). The number of hydrogen-bond acceptors (Lipinski definition) is 3. The molecule has 4 N–H and O–H groups in total. The summed E-state index contributed by atoms with van der Waals surface area (Å²) in [4.78, 5) is 23.5. The number of nitrogens with one attached hydrogen (secondary N) is 2.